The second-order valence-corrected chi connectivity index (χ2v) is 4.15. The van der Waals surface area contributed by atoms with Crippen LogP contribution in [0.1, 0.15) is 18.1 Å². The van der Waals surface area contributed by atoms with Gasteiger partial charge in [-0.15, -0.1) is 0 Å². The minimum absolute atomic E-state index is 0.633. The fourth-order valence-electron chi connectivity index (χ4n) is 1.84. The van der Waals surface area contributed by atoms with E-state index in [1.54, 1.807) is 19.6 Å². The van der Waals surface area contributed by atoms with Crippen molar-refractivity contribution in [2.45, 2.75) is 20.0 Å². The van der Waals surface area contributed by atoms with E-state index >= 15 is 0 Å². The lowest BCUT2D eigenvalue weighted by molar-refractivity contribution is 0.310. The van der Waals surface area contributed by atoms with Crippen LogP contribution in [-0.2, 0) is 13.1 Å². The predicted molar refractivity (Wildman–Crippen MR) is 73.4 cm³/mol. The second-order valence-electron chi connectivity index (χ2n) is 4.15. The van der Waals surface area contributed by atoms with Crippen molar-refractivity contribution in [3.8, 4) is 11.5 Å². The average molecular weight is 261 g/mol. The van der Waals surface area contributed by atoms with Gasteiger partial charge in [0.25, 0.3) is 0 Å². The van der Waals surface area contributed by atoms with Crippen molar-refractivity contribution in [2.75, 3.05) is 13.7 Å². The first-order valence-electron chi connectivity index (χ1n) is 6.35. The molecule has 0 aliphatic heterocycles. The number of hydrogen-bond acceptors (Lipinski definition) is 4. The Hall–Kier alpha value is -1.94. The highest BCUT2D eigenvalue weighted by molar-refractivity contribution is 5.42. The zero-order valence-corrected chi connectivity index (χ0v) is 11.3. The first kappa shape index (κ1) is 13.5. The summed E-state index contributed by atoms with van der Waals surface area (Å²) in [4.78, 5) is 0. The molecule has 0 radical (unpaired) electrons. The largest absolute Gasteiger partial charge is 0.493 e. The quantitative estimate of drug-likeness (QED) is 0.832. The summed E-state index contributed by atoms with van der Waals surface area (Å²) in [5.74, 6) is 1.55. The van der Waals surface area contributed by atoms with Gasteiger partial charge in [0.2, 0.25) is 0 Å². The molecule has 0 saturated carbocycles. The fraction of sp³-hybridized carbons (Fsp3) is 0.333. The molecule has 0 saturated heterocycles. The van der Waals surface area contributed by atoms with Crippen molar-refractivity contribution in [2.24, 2.45) is 0 Å². The smallest absolute Gasteiger partial charge is 0.161 e. The van der Waals surface area contributed by atoms with Crippen LogP contribution in [0.4, 0.5) is 0 Å². The summed E-state index contributed by atoms with van der Waals surface area (Å²) >= 11 is 0. The highest BCUT2D eigenvalue weighted by Crippen LogP contribution is 2.27. The van der Waals surface area contributed by atoms with Gasteiger partial charge < -0.3 is 19.2 Å². The van der Waals surface area contributed by atoms with Gasteiger partial charge >= 0.3 is 0 Å². The maximum atomic E-state index is 5.49. The predicted octanol–water partition coefficient (Wildman–Crippen LogP) is 2.98. The van der Waals surface area contributed by atoms with Crippen LogP contribution in [0.15, 0.2) is 41.2 Å². The van der Waals surface area contributed by atoms with Crippen molar-refractivity contribution >= 4 is 0 Å². The summed E-state index contributed by atoms with van der Waals surface area (Å²) in [6.45, 7) is 4.15. The number of rotatable bonds is 7. The minimum Gasteiger partial charge on any atom is -0.493 e. The molecule has 0 bridgehead atoms. The zero-order valence-electron chi connectivity index (χ0n) is 11.3. The van der Waals surface area contributed by atoms with Crippen LogP contribution in [0.25, 0.3) is 0 Å². The molecule has 4 nitrogen and oxygen atoms in total. The van der Waals surface area contributed by atoms with Gasteiger partial charge in [0, 0.05) is 18.7 Å². The van der Waals surface area contributed by atoms with Crippen LogP contribution >= 0.6 is 0 Å². The Bertz CT molecular complexity index is 494. The molecule has 1 N–H and O–H groups in total. The van der Waals surface area contributed by atoms with Gasteiger partial charge in [0.1, 0.15) is 0 Å². The Labute approximate surface area is 113 Å². The van der Waals surface area contributed by atoms with Gasteiger partial charge in [-0.05, 0) is 30.7 Å². The number of nitrogens with one attached hydrogen (secondary N) is 1. The maximum absolute atomic E-state index is 5.49. The third-order valence-electron chi connectivity index (χ3n) is 2.77. The van der Waals surface area contributed by atoms with Gasteiger partial charge in [0.15, 0.2) is 11.5 Å². The van der Waals surface area contributed by atoms with Crippen molar-refractivity contribution in [3.05, 3.63) is 47.9 Å². The van der Waals surface area contributed by atoms with E-state index in [0.717, 1.165) is 35.7 Å². The van der Waals surface area contributed by atoms with Gasteiger partial charge in [-0.1, -0.05) is 6.07 Å². The molecule has 0 aliphatic carbocycles. The molecule has 0 spiro atoms. The van der Waals surface area contributed by atoms with Crippen LogP contribution in [0.3, 0.4) is 0 Å². The van der Waals surface area contributed by atoms with Crippen LogP contribution in [0, 0.1) is 0 Å². The molecule has 0 aliphatic rings. The standard InChI is InChI=1S/C15H19NO3/c1-3-19-14-5-4-12(8-15(14)17-2)9-16-10-13-6-7-18-11-13/h4-8,11,16H,3,9-10H2,1-2H3. The minimum atomic E-state index is 0.633. The highest BCUT2D eigenvalue weighted by Gasteiger charge is 2.05. The van der Waals surface area contributed by atoms with E-state index in [-0.39, 0.29) is 0 Å². The summed E-state index contributed by atoms with van der Waals surface area (Å²) < 4.78 is 15.8. The van der Waals surface area contributed by atoms with E-state index in [1.807, 2.05) is 31.2 Å². The Kier molecular flexibility index (Phi) is 4.86. The third kappa shape index (κ3) is 3.76. The lowest BCUT2D eigenvalue weighted by Gasteiger charge is -2.11. The SMILES string of the molecule is CCOc1ccc(CNCc2ccoc2)cc1OC. The molecule has 102 valence electrons. The Morgan fingerprint density at radius 1 is 1.11 bits per heavy atom. The lowest BCUT2D eigenvalue weighted by atomic mass is 10.2. The molecule has 1 aromatic heterocycles. The Morgan fingerprint density at radius 2 is 1.95 bits per heavy atom. The number of hydrogen-bond donors (Lipinski definition) is 1. The van der Waals surface area contributed by atoms with Crippen LogP contribution in [0.2, 0.25) is 0 Å². The monoisotopic (exact) mass is 261 g/mol. The van der Waals surface area contributed by atoms with E-state index in [1.165, 1.54) is 0 Å². The van der Waals surface area contributed by atoms with Crippen LogP contribution < -0.4 is 14.8 Å². The third-order valence-corrected chi connectivity index (χ3v) is 2.77. The molecule has 1 heterocycles. The molecule has 4 heteroatoms. The molecule has 0 amide bonds. The van der Waals surface area contributed by atoms with E-state index in [0.29, 0.717) is 6.61 Å². The van der Waals surface area contributed by atoms with Gasteiger partial charge in [-0.3, -0.25) is 0 Å². The molecule has 0 fully saturated rings. The zero-order chi connectivity index (χ0) is 13.5. The summed E-state index contributed by atoms with van der Waals surface area (Å²) in [6.07, 6.45) is 3.42. The van der Waals surface area contributed by atoms with Crippen molar-refractivity contribution in [1.29, 1.82) is 0 Å². The van der Waals surface area contributed by atoms with Crippen LogP contribution in [-0.4, -0.2) is 13.7 Å². The van der Waals surface area contributed by atoms with E-state index in [9.17, 15) is 0 Å². The molecular formula is C15H19NO3. The van der Waals surface area contributed by atoms with Gasteiger partial charge in [-0.2, -0.15) is 0 Å². The second kappa shape index (κ2) is 6.85. The molecule has 2 rings (SSSR count). The molecular weight excluding hydrogens is 242 g/mol. The van der Waals surface area contributed by atoms with Crippen molar-refractivity contribution < 1.29 is 13.9 Å². The first-order valence-corrected chi connectivity index (χ1v) is 6.35. The fourth-order valence-corrected chi connectivity index (χ4v) is 1.84. The summed E-state index contributed by atoms with van der Waals surface area (Å²) in [5, 5.41) is 3.35. The van der Waals surface area contributed by atoms with E-state index < -0.39 is 0 Å². The summed E-state index contributed by atoms with van der Waals surface area (Å²) in [6, 6.07) is 7.92. The summed E-state index contributed by atoms with van der Waals surface area (Å²) in [7, 11) is 1.65. The van der Waals surface area contributed by atoms with Crippen LogP contribution in [0.5, 0.6) is 11.5 Å². The van der Waals surface area contributed by atoms with Crippen molar-refractivity contribution in [1.82, 2.24) is 5.32 Å². The van der Waals surface area contributed by atoms with Crippen molar-refractivity contribution in [3.63, 3.8) is 0 Å². The van der Waals surface area contributed by atoms with E-state index in [4.69, 9.17) is 13.9 Å². The normalized spacial score (nSPS) is 10.4. The first-order chi connectivity index (χ1) is 9.33. The molecule has 0 atom stereocenters. The average Bonchev–Trinajstić information content (AvgIpc) is 2.94. The number of benzene rings is 1. The Balaban J connectivity index is 1.93. The summed E-state index contributed by atoms with van der Waals surface area (Å²) in [5.41, 5.74) is 2.29. The maximum Gasteiger partial charge on any atom is 0.161 e. The van der Waals surface area contributed by atoms with E-state index in [2.05, 4.69) is 5.32 Å². The topological polar surface area (TPSA) is 43.6 Å². The van der Waals surface area contributed by atoms with Gasteiger partial charge in [-0.25, -0.2) is 0 Å². The van der Waals surface area contributed by atoms with Gasteiger partial charge in [0.05, 0.1) is 26.2 Å². The number of ether oxygens (including phenoxy) is 2. The lowest BCUT2D eigenvalue weighted by Crippen LogP contribution is -2.12. The Morgan fingerprint density at radius 3 is 2.63 bits per heavy atom. The molecule has 0 unspecified atom stereocenters. The number of furan rings is 1. The number of methoxy groups -OCH3 is 1. The molecule has 2 aromatic rings. The molecule has 19 heavy (non-hydrogen) atoms. The highest BCUT2D eigenvalue weighted by atomic mass is 16.5. The molecule has 1 aromatic carbocycles.